The molecule has 0 aliphatic heterocycles. The maximum atomic E-state index is 11.0. The Balaban J connectivity index is 2.40. The molecule has 2 aromatic heterocycles. The molecule has 2 atom stereocenters. The predicted molar refractivity (Wildman–Crippen MR) is 67.7 cm³/mol. The van der Waals surface area contributed by atoms with Crippen molar-refractivity contribution < 1.29 is 9.90 Å². The maximum Gasteiger partial charge on any atom is 0.308 e. The highest BCUT2D eigenvalue weighted by Gasteiger charge is 2.26. The number of rotatable bonds is 4. The van der Waals surface area contributed by atoms with Crippen LogP contribution in [0.15, 0.2) is 11.4 Å². The van der Waals surface area contributed by atoms with E-state index < -0.39 is 11.9 Å². The van der Waals surface area contributed by atoms with Crippen LogP contribution in [0.5, 0.6) is 0 Å². The van der Waals surface area contributed by atoms with Gasteiger partial charge in [0.25, 0.3) is 0 Å². The lowest BCUT2D eigenvalue weighted by Crippen LogP contribution is -2.23. The van der Waals surface area contributed by atoms with Crippen LogP contribution >= 0.6 is 22.9 Å². The largest absolute Gasteiger partial charge is 0.481 e. The summed E-state index contributed by atoms with van der Waals surface area (Å²) in [7, 11) is 0. The zero-order valence-corrected chi connectivity index (χ0v) is 11.3. The minimum Gasteiger partial charge on any atom is -0.481 e. The molecule has 2 rings (SSSR count). The summed E-state index contributed by atoms with van der Waals surface area (Å²) in [4.78, 5) is 11.7. The first kappa shape index (κ1) is 13.0. The van der Waals surface area contributed by atoms with Gasteiger partial charge in [-0.05, 0) is 35.7 Å². The number of hydrogen-bond donors (Lipinski definition) is 1. The molecule has 0 aliphatic carbocycles. The average Bonchev–Trinajstić information content (AvgIpc) is 2.94. The Labute approximate surface area is 112 Å². The molecule has 0 aromatic carbocycles. The van der Waals surface area contributed by atoms with E-state index in [1.165, 1.54) is 16.0 Å². The van der Waals surface area contributed by atoms with Crippen molar-refractivity contribution in [2.75, 3.05) is 0 Å². The zero-order valence-electron chi connectivity index (χ0n) is 9.74. The van der Waals surface area contributed by atoms with Gasteiger partial charge in [-0.25, -0.2) is 4.68 Å². The summed E-state index contributed by atoms with van der Waals surface area (Å²) in [6.07, 6.45) is 0. The van der Waals surface area contributed by atoms with Crippen molar-refractivity contribution in [1.29, 1.82) is 0 Å². The molecule has 8 heteroatoms. The average molecular weight is 287 g/mol. The second-order valence-electron chi connectivity index (χ2n) is 3.91. The van der Waals surface area contributed by atoms with Crippen LogP contribution in [-0.4, -0.2) is 31.3 Å². The summed E-state index contributed by atoms with van der Waals surface area (Å²) in [6.45, 7) is 3.38. The summed E-state index contributed by atoms with van der Waals surface area (Å²) in [5.74, 6) is -0.984. The number of tetrazole rings is 1. The Hall–Kier alpha value is -1.47. The molecule has 0 fully saturated rings. The molecule has 0 amide bonds. The summed E-state index contributed by atoms with van der Waals surface area (Å²) >= 11 is 7.45. The van der Waals surface area contributed by atoms with Crippen molar-refractivity contribution in [2.24, 2.45) is 5.92 Å². The summed E-state index contributed by atoms with van der Waals surface area (Å²) in [5.41, 5.74) is 0. The van der Waals surface area contributed by atoms with E-state index in [4.69, 9.17) is 16.7 Å². The molecule has 18 heavy (non-hydrogen) atoms. The van der Waals surface area contributed by atoms with Crippen LogP contribution in [0.3, 0.4) is 0 Å². The zero-order chi connectivity index (χ0) is 13.3. The maximum absolute atomic E-state index is 11.0. The molecular weight excluding hydrogens is 276 g/mol. The highest BCUT2D eigenvalue weighted by molar-refractivity contribution is 7.14. The van der Waals surface area contributed by atoms with Gasteiger partial charge in [-0.3, -0.25) is 4.79 Å². The van der Waals surface area contributed by atoms with Gasteiger partial charge in [0.1, 0.15) is 0 Å². The summed E-state index contributed by atoms with van der Waals surface area (Å²) in [5, 5.41) is 22.8. The van der Waals surface area contributed by atoms with Crippen LogP contribution in [0, 0.1) is 5.92 Å². The summed E-state index contributed by atoms with van der Waals surface area (Å²) < 4.78 is 1.50. The first-order chi connectivity index (χ1) is 8.52. The number of halogens is 1. The van der Waals surface area contributed by atoms with Crippen LogP contribution in [-0.2, 0) is 4.79 Å². The normalized spacial score (nSPS) is 14.4. The van der Waals surface area contributed by atoms with Crippen LogP contribution < -0.4 is 0 Å². The fourth-order valence-corrected chi connectivity index (χ4v) is 2.61. The Bertz CT molecular complexity index is 568. The van der Waals surface area contributed by atoms with Gasteiger partial charge in [0.2, 0.25) is 0 Å². The van der Waals surface area contributed by atoms with E-state index >= 15 is 0 Å². The van der Waals surface area contributed by atoms with E-state index in [1.807, 2.05) is 5.38 Å². The number of hydrogen-bond acceptors (Lipinski definition) is 5. The number of aromatic nitrogens is 4. The molecule has 0 aliphatic rings. The fraction of sp³-hybridized carbons (Fsp3) is 0.400. The first-order valence-corrected chi connectivity index (χ1v) is 6.52. The van der Waals surface area contributed by atoms with Crippen molar-refractivity contribution in [3.05, 3.63) is 16.5 Å². The number of aliphatic carboxylic acids is 1. The van der Waals surface area contributed by atoms with Gasteiger partial charge < -0.3 is 5.11 Å². The molecule has 6 nitrogen and oxygen atoms in total. The van der Waals surface area contributed by atoms with Crippen molar-refractivity contribution in [2.45, 2.75) is 19.9 Å². The van der Waals surface area contributed by atoms with E-state index in [2.05, 4.69) is 15.5 Å². The van der Waals surface area contributed by atoms with Gasteiger partial charge in [0.05, 0.1) is 21.9 Å². The van der Waals surface area contributed by atoms with Gasteiger partial charge in [0, 0.05) is 0 Å². The Morgan fingerprint density at radius 3 is 2.83 bits per heavy atom. The minimum absolute atomic E-state index is 0.356. The Kier molecular flexibility index (Phi) is 3.63. The van der Waals surface area contributed by atoms with Gasteiger partial charge in [-0.1, -0.05) is 11.6 Å². The molecule has 2 heterocycles. The van der Waals surface area contributed by atoms with Gasteiger partial charge >= 0.3 is 5.97 Å². The van der Waals surface area contributed by atoms with Gasteiger partial charge in [-0.15, -0.1) is 16.4 Å². The molecule has 0 spiro atoms. The lowest BCUT2D eigenvalue weighted by Gasteiger charge is -2.16. The van der Waals surface area contributed by atoms with Crippen LogP contribution in [0.1, 0.15) is 19.9 Å². The smallest absolute Gasteiger partial charge is 0.308 e. The Morgan fingerprint density at radius 1 is 1.56 bits per heavy atom. The lowest BCUT2D eigenvalue weighted by molar-refractivity contribution is -0.142. The molecule has 1 N–H and O–H groups in total. The molecule has 2 aromatic rings. The second-order valence-corrected chi connectivity index (χ2v) is 5.24. The first-order valence-electron chi connectivity index (χ1n) is 5.26. The number of carbonyl (C=O) groups is 1. The SMILES string of the molecule is CC(C(=O)O)C(C)n1nnnc1-c1sccc1Cl. The molecule has 2 unspecified atom stereocenters. The Morgan fingerprint density at radius 2 is 2.28 bits per heavy atom. The number of carboxylic acids is 1. The van der Waals surface area contributed by atoms with Gasteiger partial charge in [-0.2, -0.15) is 0 Å². The number of carboxylic acid groups (broad SMARTS) is 1. The summed E-state index contributed by atoms with van der Waals surface area (Å²) in [6, 6.07) is 1.40. The standard InChI is InChI=1S/C10H11ClN4O2S/c1-5(10(16)17)6(2)15-9(12-13-14-15)8-7(11)3-4-18-8/h3-6H,1-2H3,(H,16,17). The van der Waals surface area contributed by atoms with Crippen molar-refractivity contribution in [1.82, 2.24) is 20.2 Å². The highest BCUT2D eigenvalue weighted by atomic mass is 35.5. The number of nitrogens with zero attached hydrogens (tertiary/aromatic N) is 4. The molecule has 0 saturated carbocycles. The van der Waals surface area contributed by atoms with Crippen molar-refractivity contribution in [3.8, 4) is 10.7 Å². The van der Waals surface area contributed by atoms with E-state index in [9.17, 15) is 4.79 Å². The molecular formula is C10H11ClN4O2S. The van der Waals surface area contributed by atoms with E-state index in [-0.39, 0.29) is 6.04 Å². The topological polar surface area (TPSA) is 80.9 Å². The van der Waals surface area contributed by atoms with Crippen LogP contribution in [0.4, 0.5) is 0 Å². The third kappa shape index (κ3) is 2.23. The third-order valence-corrected chi connectivity index (χ3v) is 4.15. The van der Waals surface area contributed by atoms with Crippen molar-refractivity contribution >= 4 is 28.9 Å². The monoisotopic (exact) mass is 286 g/mol. The quantitative estimate of drug-likeness (QED) is 0.933. The van der Waals surface area contributed by atoms with Crippen LogP contribution in [0.2, 0.25) is 5.02 Å². The van der Waals surface area contributed by atoms with Crippen LogP contribution in [0.25, 0.3) is 10.7 Å². The minimum atomic E-state index is -0.888. The molecule has 96 valence electrons. The van der Waals surface area contributed by atoms with Gasteiger partial charge in [0.15, 0.2) is 5.82 Å². The lowest BCUT2D eigenvalue weighted by atomic mass is 10.0. The van der Waals surface area contributed by atoms with E-state index in [1.54, 1.807) is 19.9 Å². The molecule has 0 saturated heterocycles. The second kappa shape index (κ2) is 5.03. The van der Waals surface area contributed by atoms with E-state index in [0.29, 0.717) is 10.8 Å². The molecule has 0 bridgehead atoms. The van der Waals surface area contributed by atoms with E-state index in [0.717, 1.165) is 4.88 Å². The third-order valence-electron chi connectivity index (χ3n) is 2.81. The van der Waals surface area contributed by atoms with Crippen molar-refractivity contribution in [3.63, 3.8) is 0 Å². The number of thiophene rings is 1. The highest BCUT2D eigenvalue weighted by Crippen LogP contribution is 2.33. The predicted octanol–water partition coefficient (Wildman–Crippen LogP) is 2.34. The molecule has 0 radical (unpaired) electrons. The fourth-order valence-electron chi connectivity index (χ4n) is 1.49.